The standard InChI is InChI=1S/C12H12Cl2O3/c1-8(12(15)16-2)6-7-17-10-5-3-4-9(13)11(10)14/h3-6H,7H2,1-2H3. The average Bonchev–Trinajstić information content (AvgIpc) is 2.33. The topological polar surface area (TPSA) is 35.5 Å². The number of benzene rings is 1. The maximum Gasteiger partial charge on any atom is 0.333 e. The maximum atomic E-state index is 11.1. The fraction of sp³-hybridized carbons (Fsp3) is 0.250. The first-order chi connectivity index (χ1) is 8.06. The zero-order chi connectivity index (χ0) is 12.8. The minimum absolute atomic E-state index is 0.223. The van der Waals surface area contributed by atoms with Crippen LogP contribution in [0.5, 0.6) is 5.75 Å². The molecule has 0 saturated heterocycles. The molecule has 0 heterocycles. The summed E-state index contributed by atoms with van der Waals surface area (Å²) in [6.07, 6.45) is 1.61. The minimum atomic E-state index is -0.384. The molecule has 3 nitrogen and oxygen atoms in total. The van der Waals surface area contributed by atoms with Gasteiger partial charge in [-0.15, -0.1) is 0 Å². The molecule has 0 aliphatic carbocycles. The van der Waals surface area contributed by atoms with Crippen molar-refractivity contribution in [1.29, 1.82) is 0 Å². The lowest BCUT2D eigenvalue weighted by Crippen LogP contribution is -2.04. The van der Waals surface area contributed by atoms with Crippen molar-refractivity contribution in [1.82, 2.24) is 0 Å². The highest BCUT2D eigenvalue weighted by Crippen LogP contribution is 2.31. The van der Waals surface area contributed by atoms with E-state index in [-0.39, 0.29) is 12.6 Å². The zero-order valence-corrected chi connectivity index (χ0v) is 11.0. The van der Waals surface area contributed by atoms with Gasteiger partial charge in [-0.25, -0.2) is 4.79 Å². The maximum absolute atomic E-state index is 11.1. The Kier molecular flexibility index (Phi) is 5.32. The summed E-state index contributed by atoms with van der Waals surface area (Å²) >= 11 is 11.8. The van der Waals surface area contributed by atoms with Crippen molar-refractivity contribution in [2.75, 3.05) is 13.7 Å². The largest absolute Gasteiger partial charge is 0.488 e. The quantitative estimate of drug-likeness (QED) is 0.623. The highest BCUT2D eigenvalue weighted by atomic mass is 35.5. The van der Waals surface area contributed by atoms with Crippen molar-refractivity contribution in [3.05, 3.63) is 39.9 Å². The van der Waals surface area contributed by atoms with Gasteiger partial charge >= 0.3 is 5.97 Å². The van der Waals surface area contributed by atoms with Crippen LogP contribution in [-0.4, -0.2) is 19.7 Å². The molecule has 92 valence electrons. The first-order valence-corrected chi connectivity index (χ1v) is 5.63. The van der Waals surface area contributed by atoms with Crippen molar-refractivity contribution in [2.24, 2.45) is 0 Å². The predicted octanol–water partition coefficient (Wildman–Crippen LogP) is 3.49. The van der Waals surface area contributed by atoms with Crippen molar-refractivity contribution in [3.63, 3.8) is 0 Å². The number of esters is 1. The summed E-state index contributed by atoms with van der Waals surface area (Å²) in [7, 11) is 1.33. The second-order valence-corrected chi connectivity index (χ2v) is 4.03. The Balaban J connectivity index is 2.63. The second-order valence-electron chi connectivity index (χ2n) is 3.24. The number of hydrogen-bond donors (Lipinski definition) is 0. The molecule has 5 heteroatoms. The average molecular weight is 275 g/mol. The summed E-state index contributed by atoms with van der Waals surface area (Å²) in [5, 5.41) is 0.788. The second kappa shape index (κ2) is 6.52. The summed E-state index contributed by atoms with van der Waals surface area (Å²) in [6.45, 7) is 1.87. The van der Waals surface area contributed by atoms with Gasteiger partial charge in [0.15, 0.2) is 0 Å². The van der Waals surface area contributed by atoms with E-state index >= 15 is 0 Å². The molecule has 0 aromatic heterocycles. The van der Waals surface area contributed by atoms with E-state index in [1.807, 2.05) is 0 Å². The van der Waals surface area contributed by atoms with Crippen molar-refractivity contribution >= 4 is 29.2 Å². The molecule has 1 aromatic rings. The molecule has 0 amide bonds. The molecule has 0 fully saturated rings. The van der Waals surface area contributed by atoms with Crippen LogP contribution < -0.4 is 4.74 Å². The Labute approximate surface area is 110 Å². The summed E-state index contributed by atoms with van der Waals surface area (Å²) in [5.41, 5.74) is 0.477. The summed E-state index contributed by atoms with van der Waals surface area (Å²) in [4.78, 5) is 11.1. The fourth-order valence-electron chi connectivity index (χ4n) is 1.10. The molecule has 0 N–H and O–H groups in total. The molecular weight excluding hydrogens is 263 g/mol. The highest BCUT2D eigenvalue weighted by Gasteiger charge is 2.05. The summed E-state index contributed by atoms with van der Waals surface area (Å²) in [5.74, 6) is 0.0962. The number of methoxy groups -OCH3 is 1. The van der Waals surface area contributed by atoms with Gasteiger partial charge in [-0.1, -0.05) is 29.3 Å². The van der Waals surface area contributed by atoms with Crippen molar-refractivity contribution in [2.45, 2.75) is 6.92 Å². The van der Waals surface area contributed by atoms with Crippen LogP contribution in [0.15, 0.2) is 29.8 Å². The minimum Gasteiger partial charge on any atom is -0.488 e. The number of halogens is 2. The Bertz CT molecular complexity index is 441. The van der Waals surface area contributed by atoms with Crippen LogP contribution in [-0.2, 0) is 9.53 Å². The third-order valence-corrected chi connectivity index (χ3v) is 2.85. The van der Waals surface area contributed by atoms with Crippen molar-refractivity contribution < 1.29 is 14.3 Å². The predicted molar refractivity (Wildman–Crippen MR) is 67.7 cm³/mol. The third kappa shape index (κ3) is 3.95. The normalized spacial score (nSPS) is 11.2. The van der Waals surface area contributed by atoms with E-state index in [0.717, 1.165) is 0 Å². The number of carbonyl (C=O) groups is 1. The van der Waals surface area contributed by atoms with E-state index in [1.54, 1.807) is 31.2 Å². The van der Waals surface area contributed by atoms with Gasteiger partial charge < -0.3 is 9.47 Å². The van der Waals surface area contributed by atoms with Gasteiger partial charge in [0.05, 0.1) is 12.1 Å². The van der Waals surface area contributed by atoms with Gasteiger partial charge in [-0.3, -0.25) is 0 Å². The zero-order valence-electron chi connectivity index (χ0n) is 9.50. The van der Waals surface area contributed by atoms with Crippen LogP contribution in [0.1, 0.15) is 6.92 Å². The molecule has 1 aromatic carbocycles. The fourth-order valence-corrected chi connectivity index (χ4v) is 1.44. The molecule has 0 unspecified atom stereocenters. The number of carbonyl (C=O) groups excluding carboxylic acids is 1. The Morgan fingerprint density at radius 2 is 2.12 bits per heavy atom. The molecule has 0 saturated carbocycles. The Morgan fingerprint density at radius 1 is 1.41 bits per heavy atom. The smallest absolute Gasteiger partial charge is 0.333 e. The van der Waals surface area contributed by atoms with Crippen LogP contribution in [0.3, 0.4) is 0 Å². The van der Waals surface area contributed by atoms with E-state index in [9.17, 15) is 4.79 Å². The van der Waals surface area contributed by atoms with Crippen LogP contribution in [0.2, 0.25) is 10.0 Å². The lowest BCUT2D eigenvalue weighted by atomic mass is 10.3. The van der Waals surface area contributed by atoms with E-state index in [2.05, 4.69) is 4.74 Å². The van der Waals surface area contributed by atoms with Gasteiger partial charge in [0.1, 0.15) is 17.4 Å². The van der Waals surface area contributed by atoms with E-state index in [4.69, 9.17) is 27.9 Å². The van der Waals surface area contributed by atoms with E-state index in [1.165, 1.54) is 7.11 Å². The lowest BCUT2D eigenvalue weighted by Gasteiger charge is -2.06. The molecule has 0 atom stereocenters. The van der Waals surface area contributed by atoms with Crippen LogP contribution >= 0.6 is 23.2 Å². The van der Waals surface area contributed by atoms with E-state index in [0.29, 0.717) is 21.4 Å². The van der Waals surface area contributed by atoms with Gasteiger partial charge in [-0.2, -0.15) is 0 Å². The molecule has 0 aliphatic rings. The summed E-state index contributed by atoms with van der Waals surface area (Å²) in [6, 6.07) is 5.11. The summed E-state index contributed by atoms with van der Waals surface area (Å²) < 4.78 is 9.93. The third-order valence-electron chi connectivity index (χ3n) is 2.05. The molecule has 0 radical (unpaired) electrons. The molecule has 1 rings (SSSR count). The lowest BCUT2D eigenvalue weighted by molar-refractivity contribution is -0.136. The molecule has 17 heavy (non-hydrogen) atoms. The highest BCUT2D eigenvalue weighted by molar-refractivity contribution is 6.42. The molecular formula is C12H12Cl2O3. The number of rotatable bonds is 4. The van der Waals surface area contributed by atoms with Gasteiger partial charge in [0.2, 0.25) is 0 Å². The van der Waals surface area contributed by atoms with Gasteiger partial charge in [0, 0.05) is 5.57 Å². The van der Waals surface area contributed by atoms with Crippen LogP contribution in [0, 0.1) is 0 Å². The monoisotopic (exact) mass is 274 g/mol. The van der Waals surface area contributed by atoms with Crippen molar-refractivity contribution in [3.8, 4) is 5.75 Å². The SMILES string of the molecule is COC(=O)C(C)=CCOc1cccc(Cl)c1Cl. The Hall–Kier alpha value is -1.19. The molecule has 0 spiro atoms. The number of ether oxygens (including phenoxy) is 2. The van der Waals surface area contributed by atoms with Crippen LogP contribution in [0.25, 0.3) is 0 Å². The molecule has 0 bridgehead atoms. The number of hydrogen-bond acceptors (Lipinski definition) is 3. The van der Waals surface area contributed by atoms with Gasteiger partial charge in [-0.05, 0) is 25.1 Å². The van der Waals surface area contributed by atoms with Crippen LogP contribution in [0.4, 0.5) is 0 Å². The first-order valence-electron chi connectivity index (χ1n) is 4.88. The Morgan fingerprint density at radius 3 is 2.76 bits per heavy atom. The van der Waals surface area contributed by atoms with E-state index < -0.39 is 0 Å². The molecule has 0 aliphatic heterocycles. The van der Waals surface area contributed by atoms with Gasteiger partial charge in [0.25, 0.3) is 0 Å². The first kappa shape index (κ1) is 13.9.